The lowest BCUT2D eigenvalue weighted by molar-refractivity contribution is -0.148. The van der Waals surface area contributed by atoms with E-state index in [1.807, 2.05) is 0 Å². The minimum Gasteiger partial charge on any atom is -0.389 e. The molecule has 1 saturated heterocycles. The van der Waals surface area contributed by atoms with Gasteiger partial charge in [-0.3, -0.25) is 4.90 Å². The lowest BCUT2D eigenvalue weighted by Crippen LogP contribution is -2.50. The van der Waals surface area contributed by atoms with Gasteiger partial charge in [-0.15, -0.1) is 0 Å². The maximum absolute atomic E-state index is 12.3. The molecule has 1 heterocycles. The van der Waals surface area contributed by atoms with Crippen LogP contribution >= 0.6 is 0 Å². The Morgan fingerprint density at radius 2 is 1.71 bits per heavy atom. The summed E-state index contributed by atoms with van der Waals surface area (Å²) >= 11 is 0. The fourth-order valence-corrected chi connectivity index (χ4v) is 3.36. The highest BCUT2D eigenvalue weighted by atomic mass is 19.4. The molecule has 6 heteroatoms. The number of hydrogen-bond acceptors (Lipinski definition) is 3. The van der Waals surface area contributed by atoms with Crippen LogP contribution in [0.15, 0.2) is 0 Å². The van der Waals surface area contributed by atoms with Crippen molar-refractivity contribution >= 4 is 0 Å². The Hall–Kier alpha value is -0.330. The first-order valence-electron chi connectivity index (χ1n) is 8.01. The Kier molecular flexibility index (Phi) is 5.54. The molecule has 0 aromatic heterocycles. The third-order valence-electron chi connectivity index (χ3n) is 4.92. The summed E-state index contributed by atoms with van der Waals surface area (Å²) in [6.07, 6.45) is 1.12. The minimum atomic E-state index is -4.10. The van der Waals surface area contributed by atoms with E-state index in [1.54, 1.807) is 0 Å². The maximum atomic E-state index is 12.3. The standard InChI is InChI=1S/C15H27F3N2O/c1-12-2-6-14(21,7-3-12)10-19-13-4-8-20(9-5-13)11-15(16,17)18/h12-13,19,21H,2-11H2,1H3. The van der Waals surface area contributed by atoms with Gasteiger partial charge in [-0.25, -0.2) is 0 Å². The molecule has 1 aliphatic carbocycles. The van der Waals surface area contributed by atoms with Gasteiger partial charge in [-0.05, 0) is 57.5 Å². The molecule has 2 rings (SSSR count). The SMILES string of the molecule is CC1CCC(O)(CNC2CCN(CC(F)(F)F)CC2)CC1. The number of hydrogen-bond donors (Lipinski definition) is 2. The second-order valence-corrected chi connectivity index (χ2v) is 6.95. The van der Waals surface area contributed by atoms with E-state index in [0.717, 1.165) is 38.5 Å². The predicted molar refractivity (Wildman–Crippen MR) is 76.1 cm³/mol. The summed E-state index contributed by atoms with van der Waals surface area (Å²) in [7, 11) is 0. The Labute approximate surface area is 124 Å². The van der Waals surface area contributed by atoms with E-state index < -0.39 is 18.3 Å². The van der Waals surface area contributed by atoms with Crippen molar-refractivity contribution in [2.45, 2.75) is 63.3 Å². The third kappa shape index (κ3) is 5.75. The number of halogens is 3. The summed E-state index contributed by atoms with van der Waals surface area (Å²) < 4.78 is 37.0. The fourth-order valence-electron chi connectivity index (χ4n) is 3.36. The van der Waals surface area contributed by atoms with Crippen molar-refractivity contribution in [3.05, 3.63) is 0 Å². The molecule has 124 valence electrons. The van der Waals surface area contributed by atoms with Crippen LogP contribution in [-0.2, 0) is 0 Å². The quantitative estimate of drug-likeness (QED) is 0.838. The molecule has 0 aromatic rings. The molecule has 0 spiro atoms. The lowest BCUT2D eigenvalue weighted by atomic mass is 9.79. The highest BCUT2D eigenvalue weighted by Crippen LogP contribution is 2.31. The number of aliphatic hydroxyl groups is 1. The second kappa shape index (κ2) is 6.84. The normalized spacial score (nSPS) is 33.3. The maximum Gasteiger partial charge on any atom is 0.401 e. The van der Waals surface area contributed by atoms with E-state index in [1.165, 1.54) is 4.90 Å². The summed E-state index contributed by atoms with van der Waals surface area (Å²) in [6, 6.07) is 0.234. The zero-order valence-electron chi connectivity index (χ0n) is 12.8. The van der Waals surface area contributed by atoms with Crippen molar-refractivity contribution in [1.82, 2.24) is 10.2 Å². The van der Waals surface area contributed by atoms with Crippen molar-refractivity contribution in [1.29, 1.82) is 0 Å². The van der Waals surface area contributed by atoms with E-state index in [2.05, 4.69) is 12.2 Å². The van der Waals surface area contributed by atoms with Gasteiger partial charge in [0.2, 0.25) is 0 Å². The number of nitrogens with zero attached hydrogens (tertiary/aromatic N) is 1. The number of nitrogens with one attached hydrogen (secondary N) is 1. The largest absolute Gasteiger partial charge is 0.401 e. The Bertz CT molecular complexity index is 319. The van der Waals surface area contributed by atoms with Gasteiger partial charge in [0.25, 0.3) is 0 Å². The van der Waals surface area contributed by atoms with Gasteiger partial charge in [0.1, 0.15) is 0 Å². The third-order valence-corrected chi connectivity index (χ3v) is 4.92. The molecule has 2 N–H and O–H groups in total. The van der Waals surface area contributed by atoms with Crippen LogP contribution in [0.1, 0.15) is 45.4 Å². The molecular weight excluding hydrogens is 281 g/mol. The van der Waals surface area contributed by atoms with Crippen molar-refractivity contribution < 1.29 is 18.3 Å². The molecule has 2 aliphatic rings. The Morgan fingerprint density at radius 1 is 1.14 bits per heavy atom. The van der Waals surface area contributed by atoms with E-state index in [9.17, 15) is 18.3 Å². The first-order valence-corrected chi connectivity index (χ1v) is 8.01. The summed E-state index contributed by atoms with van der Waals surface area (Å²) in [4.78, 5) is 1.47. The predicted octanol–water partition coefficient (Wildman–Crippen LogP) is 2.54. The average molecular weight is 308 g/mol. The van der Waals surface area contributed by atoms with Gasteiger partial charge in [0, 0.05) is 12.6 Å². The molecule has 0 aromatic carbocycles. The molecule has 21 heavy (non-hydrogen) atoms. The number of rotatable bonds is 4. The highest BCUT2D eigenvalue weighted by molar-refractivity contribution is 4.88. The van der Waals surface area contributed by atoms with Crippen LogP contribution in [0, 0.1) is 5.92 Å². The number of piperidine rings is 1. The summed E-state index contributed by atoms with van der Waals surface area (Å²) in [5, 5.41) is 13.9. The number of likely N-dealkylation sites (tertiary alicyclic amines) is 1. The van der Waals surface area contributed by atoms with Crippen molar-refractivity contribution in [2.24, 2.45) is 5.92 Å². The molecule has 0 amide bonds. The van der Waals surface area contributed by atoms with Crippen LogP contribution in [0.2, 0.25) is 0 Å². The van der Waals surface area contributed by atoms with Crippen molar-refractivity contribution in [3.63, 3.8) is 0 Å². The Balaban J connectivity index is 1.67. The molecule has 1 aliphatic heterocycles. The Morgan fingerprint density at radius 3 is 2.24 bits per heavy atom. The molecule has 1 saturated carbocycles. The van der Waals surface area contributed by atoms with Crippen LogP contribution in [-0.4, -0.2) is 54.0 Å². The van der Waals surface area contributed by atoms with Crippen LogP contribution in [0.25, 0.3) is 0 Å². The molecule has 0 bridgehead atoms. The van der Waals surface area contributed by atoms with Crippen LogP contribution in [0.3, 0.4) is 0 Å². The highest BCUT2D eigenvalue weighted by Gasteiger charge is 2.34. The fraction of sp³-hybridized carbons (Fsp3) is 1.00. The molecule has 3 nitrogen and oxygen atoms in total. The van der Waals surface area contributed by atoms with Crippen LogP contribution < -0.4 is 5.32 Å². The zero-order chi connectivity index (χ0) is 15.5. The molecule has 2 fully saturated rings. The minimum absolute atomic E-state index is 0.234. The van der Waals surface area contributed by atoms with Crippen LogP contribution in [0.4, 0.5) is 13.2 Å². The molecular formula is C15H27F3N2O. The van der Waals surface area contributed by atoms with E-state index >= 15 is 0 Å². The molecule has 0 atom stereocenters. The average Bonchev–Trinajstić information content (AvgIpc) is 2.40. The first kappa shape index (κ1) is 17.0. The van der Waals surface area contributed by atoms with E-state index in [4.69, 9.17) is 0 Å². The monoisotopic (exact) mass is 308 g/mol. The van der Waals surface area contributed by atoms with Gasteiger partial charge in [0.05, 0.1) is 12.1 Å². The van der Waals surface area contributed by atoms with Gasteiger partial charge >= 0.3 is 6.18 Å². The number of alkyl halides is 3. The summed E-state index contributed by atoms with van der Waals surface area (Å²) in [6.45, 7) is 2.94. The van der Waals surface area contributed by atoms with Crippen molar-refractivity contribution in [3.8, 4) is 0 Å². The van der Waals surface area contributed by atoms with Gasteiger partial charge in [-0.1, -0.05) is 6.92 Å². The van der Waals surface area contributed by atoms with E-state index in [-0.39, 0.29) is 6.04 Å². The topological polar surface area (TPSA) is 35.5 Å². The van der Waals surface area contributed by atoms with Gasteiger partial charge in [0.15, 0.2) is 0 Å². The molecule has 0 radical (unpaired) electrons. The lowest BCUT2D eigenvalue weighted by Gasteiger charge is -2.38. The summed E-state index contributed by atoms with van der Waals surface area (Å²) in [5.74, 6) is 0.691. The second-order valence-electron chi connectivity index (χ2n) is 6.95. The zero-order valence-corrected chi connectivity index (χ0v) is 12.8. The van der Waals surface area contributed by atoms with Gasteiger partial charge < -0.3 is 10.4 Å². The van der Waals surface area contributed by atoms with E-state index in [0.29, 0.717) is 25.6 Å². The van der Waals surface area contributed by atoms with Crippen molar-refractivity contribution in [2.75, 3.05) is 26.2 Å². The van der Waals surface area contributed by atoms with Crippen LogP contribution in [0.5, 0.6) is 0 Å². The van der Waals surface area contributed by atoms with Gasteiger partial charge in [-0.2, -0.15) is 13.2 Å². The first-order chi connectivity index (χ1) is 9.76. The molecule has 0 unspecified atom stereocenters. The smallest absolute Gasteiger partial charge is 0.389 e. The summed E-state index contributed by atoms with van der Waals surface area (Å²) in [5.41, 5.74) is -0.615.